The minimum Gasteiger partial charge on any atom is -0.392 e. The lowest BCUT2D eigenvalue weighted by atomic mass is 10.1. The van der Waals surface area contributed by atoms with E-state index in [4.69, 9.17) is 5.11 Å². The van der Waals surface area contributed by atoms with Crippen molar-refractivity contribution in [1.29, 1.82) is 0 Å². The summed E-state index contributed by atoms with van der Waals surface area (Å²) in [5.74, 6) is 0. The summed E-state index contributed by atoms with van der Waals surface area (Å²) in [5.41, 5.74) is 1.95. The molecule has 0 saturated heterocycles. The van der Waals surface area contributed by atoms with E-state index < -0.39 is 13.0 Å². The van der Waals surface area contributed by atoms with Gasteiger partial charge in [-0.15, -0.1) is 0 Å². The summed E-state index contributed by atoms with van der Waals surface area (Å²) in [6.07, 6.45) is -1.35. The third-order valence-corrected chi connectivity index (χ3v) is 2.75. The van der Waals surface area contributed by atoms with Crippen molar-refractivity contribution in [2.24, 2.45) is 0 Å². The van der Waals surface area contributed by atoms with Crippen molar-refractivity contribution >= 4 is 0 Å². The van der Waals surface area contributed by atoms with Crippen LogP contribution in [0.2, 0.25) is 0 Å². The molecular weight excluding hydrogens is 238 g/mol. The molecule has 1 N–H and O–H groups in total. The second-order valence-electron chi connectivity index (χ2n) is 4.16. The average Bonchev–Trinajstić information content (AvgIpc) is 2.72. The van der Waals surface area contributed by atoms with Gasteiger partial charge in [0.15, 0.2) is 0 Å². The van der Waals surface area contributed by atoms with Crippen molar-refractivity contribution in [3.05, 3.63) is 52.8 Å². The number of aliphatic hydroxyl groups is 1. The molecule has 0 aliphatic heterocycles. The molecule has 0 amide bonds. The van der Waals surface area contributed by atoms with Crippen LogP contribution in [0.1, 0.15) is 28.8 Å². The first-order valence-electron chi connectivity index (χ1n) is 5.61. The zero-order chi connectivity index (χ0) is 13.1. The zero-order valence-electron chi connectivity index (χ0n) is 9.98. The highest BCUT2D eigenvalue weighted by atomic mass is 19.3. The van der Waals surface area contributed by atoms with Gasteiger partial charge < -0.3 is 5.11 Å². The molecule has 18 heavy (non-hydrogen) atoms. The largest absolute Gasteiger partial charge is 0.392 e. The van der Waals surface area contributed by atoms with E-state index in [1.165, 1.54) is 10.9 Å². The van der Waals surface area contributed by atoms with E-state index in [0.29, 0.717) is 0 Å². The SMILES string of the molecule is Cc1cccc(Cn2ncc(CO)c2C(F)F)c1. The van der Waals surface area contributed by atoms with E-state index in [1.807, 2.05) is 31.2 Å². The van der Waals surface area contributed by atoms with Crippen molar-refractivity contribution in [2.45, 2.75) is 26.5 Å². The number of benzene rings is 1. The topological polar surface area (TPSA) is 38.0 Å². The van der Waals surface area contributed by atoms with Gasteiger partial charge in [0.25, 0.3) is 6.43 Å². The van der Waals surface area contributed by atoms with Gasteiger partial charge in [-0.1, -0.05) is 29.8 Å². The van der Waals surface area contributed by atoms with Crippen LogP contribution in [0.15, 0.2) is 30.5 Å². The standard InChI is InChI=1S/C13H14F2N2O/c1-9-3-2-4-10(5-9)7-17-12(13(14)15)11(8-18)6-16-17/h2-6,13,18H,7-8H2,1H3. The van der Waals surface area contributed by atoms with Crippen molar-refractivity contribution in [1.82, 2.24) is 9.78 Å². The Hall–Kier alpha value is -1.75. The van der Waals surface area contributed by atoms with Crippen LogP contribution in [0.5, 0.6) is 0 Å². The third-order valence-electron chi connectivity index (χ3n) is 2.75. The number of aryl methyl sites for hydroxylation is 1. The van der Waals surface area contributed by atoms with Crippen molar-refractivity contribution in [3.63, 3.8) is 0 Å². The quantitative estimate of drug-likeness (QED) is 0.908. The van der Waals surface area contributed by atoms with Crippen molar-refractivity contribution in [2.75, 3.05) is 0 Å². The Morgan fingerprint density at radius 2 is 2.17 bits per heavy atom. The van der Waals surface area contributed by atoms with Crippen LogP contribution >= 0.6 is 0 Å². The lowest BCUT2D eigenvalue weighted by Crippen LogP contribution is -2.08. The average molecular weight is 252 g/mol. The predicted molar refractivity (Wildman–Crippen MR) is 63.4 cm³/mol. The van der Waals surface area contributed by atoms with E-state index in [9.17, 15) is 8.78 Å². The normalized spacial score (nSPS) is 11.2. The monoisotopic (exact) mass is 252 g/mol. The second-order valence-corrected chi connectivity index (χ2v) is 4.16. The molecule has 0 bridgehead atoms. The first kappa shape index (κ1) is 12.7. The molecule has 5 heteroatoms. The summed E-state index contributed by atoms with van der Waals surface area (Å²) < 4.78 is 27.1. The molecule has 0 aliphatic carbocycles. The Labute approximate surface area is 104 Å². The summed E-state index contributed by atoms with van der Waals surface area (Å²) in [7, 11) is 0. The van der Waals surface area contributed by atoms with Crippen LogP contribution in [0.25, 0.3) is 0 Å². The lowest BCUT2D eigenvalue weighted by molar-refractivity contribution is 0.135. The Balaban J connectivity index is 2.32. The molecule has 0 saturated carbocycles. The number of hydrogen-bond donors (Lipinski definition) is 1. The number of aromatic nitrogens is 2. The summed E-state index contributed by atoms with van der Waals surface area (Å²) in [6, 6.07) is 7.61. The van der Waals surface area contributed by atoms with Gasteiger partial charge in [0.1, 0.15) is 5.69 Å². The Bertz CT molecular complexity index is 538. The van der Waals surface area contributed by atoms with Gasteiger partial charge in [-0.3, -0.25) is 4.68 Å². The lowest BCUT2D eigenvalue weighted by Gasteiger charge is -2.08. The van der Waals surface area contributed by atoms with Gasteiger partial charge in [0, 0.05) is 5.56 Å². The molecule has 0 fully saturated rings. The molecule has 0 radical (unpaired) electrons. The minimum absolute atomic E-state index is 0.178. The summed E-state index contributed by atoms with van der Waals surface area (Å²) >= 11 is 0. The molecule has 3 nitrogen and oxygen atoms in total. The van der Waals surface area contributed by atoms with E-state index >= 15 is 0 Å². The minimum atomic E-state index is -2.64. The molecule has 1 aromatic heterocycles. The van der Waals surface area contributed by atoms with Gasteiger partial charge in [-0.05, 0) is 12.5 Å². The van der Waals surface area contributed by atoms with Crippen LogP contribution in [-0.2, 0) is 13.2 Å². The number of rotatable bonds is 4. The van der Waals surface area contributed by atoms with Gasteiger partial charge in [-0.2, -0.15) is 5.10 Å². The highest BCUT2D eigenvalue weighted by Gasteiger charge is 2.19. The number of alkyl halides is 2. The third kappa shape index (κ3) is 2.56. The molecular formula is C13H14F2N2O. The van der Waals surface area contributed by atoms with Crippen LogP contribution in [0, 0.1) is 6.92 Å². The van der Waals surface area contributed by atoms with Gasteiger partial charge in [0.05, 0.1) is 19.3 Å². The molecule has 0 unspecified atom stereocenters. The molecule has 2 rings (SSSR count). The predicted octanol–water partition coefficient (Wildman–Crippen LogP) is 2.67. The maximum absolute atomic E-state index is 12.9. The van der Waals surface area contributed by atoms with Crippen molar-refractivity contribution in [3.8, 4) is 0 Å². The Morgan fingerprint density at radius 1 is 1.39 bits per heavy atom. The van der Waals surface area contributed by atoms with Crippen LogP contribution in [-0.4, -0.2) is 14.9 Å². The van der Waals surface area contributed by atoms with Gasteiger partial charge in [0.2, 0.25) is 0 Å². The number of halogens is 2. The fourth-order valence-electron chi connectivity index (χ4n) is 1.92. The molecule has 1 heterocycles. The van der Waals surface area contributed by atoms with Crippen LogP contribution in [0.3, 0.4) is 0 Å². The second kappa shape index (κ2) is 5.27. The summed E-state index contributed by atoms with van der Waals surface area (Å²) in [5, 5.41) is 12.9. The highest BCUT2D eigenvalue weighted by molar-refractivity contribution is 5.24. The van der Waals surface area contributed by atoms with E-state index in [2.05, 4.69) is 5.10 Å². The first-order chi connectivity index (χ1) is 8.61. The van der Waals surface area contributed by atoms with Crippen LogP contribution < -0.4 is 0 Å². The van der Waals surface area contributed by atoms with Gasteiger partial charge >= 0.3 is 0 Å². The van der Waals surface area contributed by atoms with E-state index in [-0.39, 0.29) is 17.8 Å². The molecule has 0 aliphatic rings. The van der Waals surface area contributed by atoms with Crippen LogP contribution in [0.4, 0.5) is 8.78 Å². The number of hydrogen-bond acceptors (Lipinski definition) is 2. The number of aliphatic hydroxyl groups excluding tert-OH is 1. The fraction of sp³-hybridized carbons (Fsp3) is 0.308. The molecule has 0 atom stereocenters. The Kier molecular flexibility index (Phi) is 3.72. The van der Waals surface area contributed by atoms with Gasteiger partial charge in [-0.25, -0.2) is 8.78 Å². The van der Waals surface area contributed by atoms with Crippen molar-refractivity contribution < 1.29 is 13.9 Å². The summed E-state index contributed by atoms with van der Waals surface area (Å²) in [6.45, 7) is 1.80. The smallest absolute Gasteiger partial charge is 0.280 e. The zero-order valence-corrected chi connectivity index (χ0v) is 9.98. The molecule has 1 aromatic carbocycles. The molecule has 2 aromatic rings. The summed E-state index contributed by atoms with van der Waals surface area (Å²) in [4.78, 5) is 0. The molecule has 96 valence electrons. The first-order valence-corrected chi connectivity index (χ1v) is 5.61. The molecule has 0 spiro atoms. The van der Waals surface area contributed by atoms with E-state index in [0.717, 1.165) is 11.1 Å². The maximum Gasteiger partial charge on any atom is 0.280 e. The van der Waals surface area contributed by atoms with E-state index in [1.54, 1.807) is 0 Å². The Morgan fingerprint density at radius 3 is 2.78 bits per heavy atom. The fourth-order valence-corrected chi connectivity index (χ4v) is 1.92. The highest BCUT2D eigenvalue weighted by Crippen LogP contribution is 2.23. The number of nitrogens with zero attached hydrogens (tertiary/aromatic N) is 2. The maximum atomic E-state index is 12.9.